The van der Waals surface area contributed by atoms with Crippen LogP contribution in [0, 0.1) is 11.3 Å². The van der Waals surface area contributed by atoms with Gasteiger partial charge in [-0.25, -0.2) is 0 Å². The van der Waals surface area contributed by atoms with E-state index in [4.69, 9.17) is 18.5 Å². The Labute approximate surface area is 105 Å². The fourth-order valence-electron chi connectivity index (χ4n) is 1.40. The van der Waals surface area contributed by atoms with E-state index in [0.717, 1.165) is 19.8 Å². The molecule has 0 aromatic rings. The Morgan fingerprint density at radius 2 is 1.31 bits per heavy atom. The van der Waals surface area contributed by atoms with Crippen LogP contribution in [0.2, 0.25) is 4.28 Å². The van der Waals surface area contributed by atoms with Crippen molar-refractivity contribution in [3.05, 3.63) is 0 Å². The molecule has 0 unspecified atom stereocenters. The zero-order valence-electron chi connectivity index (χ0n) is 10.6. The number of rotatable bonds is 10. The van der Waals surface area contributed by atoms with E-state index in [1.54, 1.807) is 0 Å². The van der Waals surface area contributed by atoms with Crippen molar-refractivity contribution in [1.29, 1.82) is 5.26 Å². The van der Waals surface area contributed by atoms with E-state index in [-0.39, 0.29) is 4.28 Å². The number of hydrogen-bond donors (Lipinski definition) is 0. The highest BCUT2D eigenvalue weighted by atomic mass is 28.4. The molecule has 0 bridgehead atoms. The second-order valence-electron chi connectivity index (χ2n) is 3.75. The van der Waals surface area contributed by atoms with E-state index in [2.05, 4.69) is 6.07 Å². The Kier molecular flexibility index (Phi) is 10.2. The highest BCUT2D eigenvalue weighted by Gasteiger charge is 2.33. The lowest BCUT2D eigenvalue weighted by molar-refractivity contribution is 0.318. The van der Waals surface area contributed by atoms with Gasteiger partial charge >= 0.3 is 0 Å². The van der Waals surface area contributed by atoms with E-state index >= 15 is 0 Å². The Morgan fingerprint density at radius 1 is 0.938 bits per heavy atom. The molecule has 7 heteroatoms. The maximum Gasteiger partial charge on any atom is 0.166 e. The van der Waals surface area contributed by atoms with Crippen LogP contribution in [0.15, 0.2) is 0 Å². The van der Waals surface area contributed by atoms with Crippen molar-refractivity contribution in [1.82, 2.24) is 0 Å². The number of nitrogens with zero attached hydrogens (tertiary/aromatic N) is 1. The second-order valence-corrected chi connectivity index (χ2v) is 13.3. The molecular weight excluding hydrogens is 254 g/mol. The predicted octanol–water partition coefficient (Wildman–Crippen LogP) is -0.665. The fraction of sp³-hybridized carbons (Fsp3) is 0.889. The molecule has 0 fully saturated rings. The molecule has 0 heterocycles. The van der Waals surface area contributed by atoms with Crippen molar-refractivity contribution in [3.8, 4) is 6.07 Å². The van der Waals surface area contributed by atoms with Gasteiger partial charge in [0.15, 0.2) is 29.3 Å². The second kappa shape index (κ2) is 10.2. The molecule has 0 aromatic carbocycles. The number of hydrogen-bond acceptors (Lipinski definition) is 4. The fourth-order valence-corrected chi connectivity index (χ4v) is 7.55. The summed E-state index contributed by atoms with van der Waals surface area (Å²) in [6.45, 7) is 8.28. The van der Waals surface area contributed by atoms with E-state index < -0.39 is 29.3 Å². The third kappa shape index (κ3) is 6.57. The smallest absolute Gasteiger partial charge is 0.166 e. The van der Waals surface area contributed by atoms with Gasteiger partial charge in [-0.2, -0.15) is 5.26 Å². The third-order valence-electron chi connectivity index (χ3n) is 2.29. The summed E-state index contributed by atoms with van der Waals surface area (Å²) in [7, 11) is -2.05. The molecule has 0 aromatic heterocycles. The summed E-state index contributed by atoms with van der Waals surface area (Å²) in [5, 5.41) is 8.95. The molecule has 0 aliphatic heterocycles. The summed E-state index contributed by atoms with van der Waals surface area (Å²) in [6, 6.07) is 2.30. The lowest BCUT2D eigenvalue weighted by Gasteiger charge is -2.28. The number of nitriles is 1. The molecule has 0 atom stereocenters. The average Bonchev–Trinajstić information content (AvgIpc) is 2.31. The Hall–Kier alpha value is 0.0206. The zero-order chi connectivity index (χ0) is 12.3. The van der Waals surface area contributed by atoms with E-state index in [9.17, 15) is 0 Å². The van der Waals surface area contributed by atoms with Crippen molar-refractivity contribution >= 4 is 29.3 Å². The minimum Gasteiger partial charge on any atom is -0.424 e. The quantitative estimate of drug-likeness (QED) is 0.497. The van der Waals surface area contributed by atoms with Gasteiger partial charge in [-0.05, 0) is 20.8 Å². The van der Waals surface area contributed by atoms with Crippen molar-refractivity contribution in [2.24, 2.45) is 0 Å². The molecule has 0 aliphatic rings. The van der Waals surface area contributed by atoms with E-state index in [1.165, 1.54) is 0 Å². The first kappa shape index (κ1) is 16.0. The van der Waals surface area contributed by atoms with Crippen LogP contribution >= 0.6 is 0 Å². The minimum absolute atomic E-state index is 0.0940. The van der Waals surface area contributed by atoms with Gasteiger partial charge in [-0.15, -0.1) is 0 Å². The molecule has 0 radical (unpaired) electrons. The van der Waals surface area contributed by atoms with E-state index in [1.807, 2.05) is 20.8 Å². The van der Waals surface area contributed by atoms with Gasteiger partial charge in [0.05, 0.1) is 6.07 Å². The summed E-state index contributed by atoms with van der Waals surface area (Å²) in [5.74, 6) is 0. The minimum atomic E-state index is -0.682. The largest absolute Gasteiger partial charge is 0.424 e. The maximum absolute atomic E-state index is 8.95. The highest BCUT2D eigenvalue weighted by Crippen LogP contribution is 2.27. The summed E-state index contributed by atoms with van der Waals surface area (Å²) in [5.41, 5.74) is 0. The monoisotopic (exact) mass is 277 g/mol. The Balaban J connectivity index is 4.39. The van der Waals surface area contributed by atoms with Gasteiger partial charge in [0.1, 0.15) is 0 Å². The molecular formula is C9H23NO3Si3. The van der Waals surface area contributed by atoms with E-state index in [0.29, 0.717) is 6.42 Å². The molecule has 94 valence electrons. The van der Waals surface area contributed by atoms with Crippen molar-refractivity contribution < 1.29 is 13.3 Å². The summed E-state index contributed by atoms with van der Waals surface area (Å²) < 4.78 is 17.0. The van der Waals surface area contributed by atoms with Crippen LogP contribution in [-0.4, -0.2) is 49.1 Å². The zero-order valence-corrected chi connectivity index (χ0v) is 14.9. The van der Waals surface area contributed by atoms with Crippen LogP contribution in [0.4, 0.5) is 0 Å². The Bertz CT molecular complexity index is 189. The molecule has 4 nitrogen and oxygen atoms in total. The van der Waals surface area contributed by atoms with Crippen LogP contribution in [0.1, 0.15) is 27.2 Å². The molecule has 0 rings (SSSR count). The maximum atomic E-state index is 8.95. The normalized spacial score (nSPS) is 16.6. The summed E-state index contributed by atoms with van der Waals surface area (Å²) >= 11 is 0. The first-order chi connectivity index (χ1) is 7.74. The van der Waals surface area contributed by atoms with Crippen molar-refractivity contribution in [2.45, 2.75) is 31.5 Å². The lowest BCUT2D eigenvalue weighted by atomic mass is 10.5. The van der Waals surface area contributed by atoms with Crippen LogP contribution in [0.5, 0.6) is 0 Å². The predicted molar refractivity (Wildman–Crippen MR) is 73.4 cm³/mol. The van der Waals surface area contributed by atoms with Gasteiger partial charge in [0.25, 0.3) is 0 Å². The average molecular weight is 278 g/mol. The lowest BCUT2D eigenvalue weighted by Crippen LogP contribution is -2.37. The van der Waals surface area contributed by atoms with Crippen LogP contribution in [-0.2, 0) is 13.3 Å². The topological polar surface area (TPSA) is 51.5 Å². The SMILES string of the molecule is CCO[SiH2]C(CC#N)([SiH2]OCC)[SiH2]OCC. The molecule has 0 spiro atoms. The van der Waals surface area contributed by atoms with Gasteiger partial charge in [0.2, 0.25) is 0 Å². The molecule has 0 saturated heterocycles. The van der Waals surface area contributed by atoms with Gasteiger partial charge < -0.3 is 13.3 Å². The summed E-state index contributed by atoms with van der Waals surface area (Å²) in [4.78, 5) is 0. The molecule has 0 aliphatic carbocycles. The molecule has 0 amide bonds. The summed E-state index contributed by atoms with van der Waals surface area (Å²) in [6.07, 6.45) is 0.581. The van der Waals surface area contributed by atoms with Gasteiger partial charge in [-0.3, -0.25) is 0 Å². The Morgan fingerprint density at radius 3 is 1.56 bits per heavy atom. The van der Waals surface area contributed by atoms with Gasteiger partial charge in [-0.1, -0.05) is 0 Å². The first-order valence-electron chi connectivity index (χ1n) is 5.84. The highest BCUT2D eigenvalue weighted by molar-refractivity contribution is 6.74. The third-order valence-corrected chi connectivity index (χ3v) is 10.4. The van der Waals surface area contributed by atoms with Crippen LogP contribution < -0.4 is 0 Å². The standard InChI is InChI=1S/C9H23NO3Si3/c1-4-11-14-9(7-8-10,15-12-5-2)16-13-6-3/h4-7,14-16H2,1-3H3. The van der Waals surface area contributed by atoms with Gasteiger partial charge in [0, 0.05) is 30.5 Å². The first-order valence-corrected chi connectivity index (χ1v) is 9.70. The molecule has 0 N–H and O–H groups in total. The van der Waals surface area contributed by atoms with Crippen molar-refractivity contribution in [3.63, 3.8) is 0 Å². The molecule has 0 saturated carbocycles. The van der Waals surface area contributed by atoms with Crippen LogP contribution in [0.3, 0.4) is 0 Å². The molecule has 16 heavy (non-hydrogen) atoms. The van der Waals surface area contributed by atoms with Crippen LogP contribution in [0.25, 0.3) is 0 Å². The van der Waals surface area contributed by atoms with Crippen molar-refractivity contribution in [2.75, 3.05) is 19.8 Å².